The van der Waals surface area contributed by atoms with Gasteiger partial charge in [-0.3, -0.25) is 0 Å². The molecule has 0 radical (unpaired) electrons. The highest BCUT2D eigenvalue weighted by molar-refractivity contribution is 6.62. The Bertz CT molecular complexity index is 188. The lowest BCUT2D eigenvalue weighted by molar-refractivity contribution is 0.108. The molecule has 0 aromatic rings. The summed E-state index contributed by atoms with van der Waals surface area (Å²) >= 11 is 0. The molecule has 1 atom stereocenters. The first kappa shape index (κ1) is 18.1. The van der Waals surface area contributed by atoms with Crippen molar-refractivity contribution in [2.45, 2.75) is 45.6 Å². The maximum absolute atomic E-state index is 5.58. The number of rotatable bonds is 11. The van der Waals surface area contributed by atoms with E-state index >= 15 is 0 Å². The van der Waals surface area contributed by atoms with Crippen LogP contribution >= 0.6 is 0 Å². The lowest BCUT2D eigenvalue weighted by Gasteiger charge is -2.32. The molecule has 18 heavy (non-hydrogen) atoms. The van der Waals surface area contributed by atoms with Gasteiger partial charge in [-0.25, -0.2) is 0 Å². The van der Waals surface area contributed by atoms with E-state index in [-0.39, 0.29) is 0 Å². The van der Waals surface area contributed by atoms with Gasteiger partial charge < -0.3 is 18.2 Å². The zero-order chi connectivity index (χ0) is 14.0. The summed E-state index contributed by atoms with van der Waals surface area (Å²) in [5.41, 5.74) is 0.396. The third-order valence-electron chi connectivity index (χ3n) is 3.77. The highest BCUT2D eigenvalue weighted by Crippen LogP contribution is 2.31. The van der Waals surface area contributed by atoms with Gasteiger partial charge in [-0.2, -0.15) is 0 Å². The molecule has 110 valence electrons. The topological polar surface area (TPSA) is 30.9 Å². The average Bonchev–Trinajstić information content (AvgIpc) is 2.43. The third kappa shape index (κ3) is 4.97. The van der Waals surface area contributed by atoms with E-state index in [1.165, 1.54) is 6.42 Å². The highest BCUT2D eigenvalue weighted by Gasteiger charge is 2.45. The summed E-state index contributed by atoms with van der Waals surface area (Å²) in [5.74, 6) is 0. The first-order valence-electron chi connectivity index (χ1n) is 7.01. The summed E-state index contributed by atoms with van der Waals surface area (Å²) < 4.78 is 16.7. The Hall–Kier alpha value is 0.0569. The minimum Gasteiger partial charge on any atom is -0.377 e. The van der Waals surface area contributed by atoms with Crippen molar-refractivity contribution in [2.75, 3.05) is 41.0 Å². The Morgan fingerprint density at radius 3 is 1.78 bits per heavy atom. The van der Waals surface area contributed by atoms with Crippen LogP contribution in [-0.2, 0) is 13.3 Å². The first-order chi connectivity index (χ1) is 8.63. The normalized spacial score (nSPS) is 14.2. The minimum atomic E-state index is -2.46. The summed E-state index contributed by atoms with van der Waals surface area (Å²) in [4.78, 5) is 2.45. The molecule has 0 heterocycles. The monoisotopic (exact) mass is 277 g/mol. The van der Waals surface area contributed by atoms with Crippen LogP contribution in [0.3, 0.4) is 0 Å². The highest BCUT2D eigenvalue weighted by atomic mass is 28.4. The van der Waals surface area contributed by atoms with Crippen molar-refractivity contribution < 1.29 is 13.3 Å². The van der Waals surface area contributed by atoms with E-state index in [9.17, 15) is 0 Å². The fraction of sp³-hybridized carbons (Fsp3) is 1.00. The van der Waals surface area contributed by atoms with Crippen molar-refractivity contribution >= 4 is 8.80 Å². The van der Waals surface area contributed by atoms with Gasteiger partial charge in [0.05, 0.1) is 0 Å². The van der Waals surface area contributed by atoms with Crippen molar-refractivity contribution in [3.05, 3.63) is 0 Å². The molecule has 0 aromatic carbocycles. The standard InChI is InChI=1S/C13H31NO3Si/c1-7-13(18(15-4,16-5)17-6)11-10-12-14(8-2)9-3/h13H,7-12H2,1-6H3. The lowest BCUT2D eigenvalue weighted by atomic mass is 10.2. The largest absolute Gasteiger partial charge is 0.503 e. The molecule has 0 saturated carbocycles. The molecule has 0 rings (SSSR count). The zero-order valence-corrected chi connectivity index (χ0v) is 14.0. The van der Waals surface area contributed by atoms with Crippen LogP contribution in [0.2, 0.25) is 5.54 Å². The second kappa shape index (κ2) is 9.92. The SMILES string of the molecule is CCC(CCCN(CC)CC)[Si](OC)(OC)OC. The Labute approximate surface area is 114 Å². The smallest absolute Gasteiger partial charge is 0.377 e. The molecule has 0 saturated heterocycles. The van der Waals surface area contributed by atoms with Gasteiger partial charge in [0.1, 0.15) is 0 Å². The molecule has 0 aromatic heterocycles. The molecular formula is C13H31NO3Si. The average molecular weight is 277 g/mol. The van der Waals surface area contributed by atoms with E-state index < -0.39 is 8.80 Å². The van der Waals surface area contributed by atoms with Gasteiger partial charge in [0.2, 0.25) is 0 Å². The number of nitrogens with zero attached hydrogens (tertiary/aromatic N) is 1. The van der Waals surface area contributed by atoms with E-state index in [4.69, 9.17) is 13.3 Å². The van der Waals surface area contributed by atoms with Crippen molar-refractivity contribution in [3.63, 3.8) is 0 Å². The molecule has 0 aliphatic heterocycles. The fourth-order valence-corrected chi connectivity index (χ4v) is 5.04. The first-order valence-corrected chi connectivity index (χ1v) is 8.81. The molecule has 0 fully saturated rings. The van der Waals surface area contributed by atoms with Crippen LogP contribution in [0.4, 0.5) is 0 Å². The van der Waals surface area contributed by atoms with Gasteiger partial charge in [-0.05, 0) is 38.9 Å². The maximum atomic E-state index is 5.58. The Morgan fingerprint density at radius 1 is 0.944 bits per heavy atom. The predicted molar refractivity (Wildman–Crippen MR) is 77.8 cm³/mol. The Balaban J connectivity index is 4.32. The van der Waals surface area contributed by atoms with E-state index in [2.05, 4.69) is 25.7 Å². The van der Waals surface area contributed by atoms with Crippen LogP contribution in [-0.4, -0.2) is 54.7 Å². The fourth-order valence-electron chi connectivity index (χ4n) is 2.48. The Morgan fingerprint density at radius 2 is 1.44 bits per heavy atom. The van der Waals surface area contributed by atoms with Crippen LogP contribution in [0, 0.1) is 0 Å². The molecule has 0 N–H and O–H groups in total. The maximum Gasteiger partial charge on any atom is 0.503 e. The second-order valence-corrected chi connectivity index (χ2v) is 7.74. The van der Waals surface area contributed by atoms with Crippen molar-refractivity contribution in [3.8, 4) is 0 Å². The van der Waals surface area contributed by atoms with Crippen molar-refractivity contribution in [1.29, 1.82) is 0 Å². The predicted octanol–water partition coefficient (Wildman–Crippen LogP) is 2.77. The molecule has 0 bridgehead atoms. The molecule has 4 nitrogen and oxygen atoms in total. The summed E-state index contributed by atoms with van der Waals surface area (Å²) in [6, 6.07) is 0. The van der Waals surface area contributed by atoms with E-state index in [0.29, 0.717) is 5.54 Å². The van der Waals surface area contributed by atoms with Gasteiger partial charge in [-0.15, -0.1) is 0 Å². The molecule has 1 unspecified atom stereocenters. The van der Waals surface area contributed by atoms with Gasteiger partial charge in [0.25, 0.3) is 0 Å². The van der Waals surface area contributed by atoms with Crippen LogP contribution in [0.5, 0.6) is 0 Å². The lowest BCUT2D eigenvalue weighted by Crippen LogP contribution is -2.47. The zero-order valence-electron chi connectivity index (χ0n) is 13.0. The quantitative estimate of drug-likeness (QED) is 0.543. The van der Waals surface area contributed by atoms with Gasteiger partial charge >= 0.3 is 8.80 Å². The Kier molecular flexibility index (Phi) is 9.95. The molecule has 0 aliphatic carbocycles. The van der Waals surface area contributed by atoms with Gasteiger partial charge in [0.15, 0.2) is 0 Å². The summed E-state index contributed by atoms with van der Waals surface area (Å²) in [5, 5.41) is 0. The van der Waals surface area contributed by atoms with Crippen LogP contribution in [0.15, 0.2) is 0 Å². The van der Waals surface area contributed by atoms with Crippen molar-refractivity contribution in [2.24, 2.45) is 0 Å². The van der Waals surface area contributed by atoms with Crippen LogP contribution in [0.1, 0.15) is 40.0 Å². The molecule has 0 aliphatic rings. The van der Waals surface area contributed by atoms with Crippen LogP contribution in [0.25, 0.3) is 0 Å². The van der Waals surface area contributed by atoms with E-state index in [1.807, 2.05) is 0 Å². The van der Waals surface area contributed by atoms with Gasteiger partial charge in [-0.1, -0.05) is 20.8 Å². The minimum absolute atomic E-state index is 0.396. The number of hydrogen-bond acceptors (Lipinski definition) is 4. The van der Waals surface area contributed by atoms with Crippen molar-refractivity contribution in [1.82, 2.24) is 4.90 Å². The summed E-state index contributed by atoms with van der Waals surface area (Å²) in [6.45, 7) is 9.98. The number of hydrogen-bond donors (Lipinski definition) is 0. The van der Waals surface area contributed by atoms with Gasteiger partial charge in [0, 0.05) is 26.9 Å². The molecule has 0 spiro atoms. The van der Waals surface area contributed by atoms with E-state index in [1.54, 1.807) is 21.3 Å². The van der Waals surface area contributed by atoms with Crippen LogP contribution < -0.4 is 0 Å². The van der Waals surface area contributed by atoms with E-state index in [0.717, 1.165) is 32.5 Å². The molecule has 0 amide bonds. The molecule has 5 heteroatoms. The third-order valence-corrected chi connectivity index (χ3v) is 7.17. The molecular weight excluding hydrogens is 246 g/mol. The summed E-state index contributed by atoms with van der Waals surface area (Å²) in [6.07, 6.45) is 3.32. The summed E-state index contributed by atoms with van der Waals surface area (Å²) in [7, 11) is 2.64. The second-order valence-electron chi connectivity index (χ2n) is 4.49.